The molecule has 0 aromatic heterocycles. The summed E-state index contributed by atoms with van der Waals surface area (Å²) in [5, 5.41) is 8.88. The van der Waals surface area contributed by atoms with Gasteiger partial charge in [0.15, 0.2) is 0 Å². The zero-order valence-corrected chi connectivity index (χ0v) is 13.0. The van der Waals surface area contributed by atoms with E-state index < -0.39 is 5.97 Å². The highest BCUT2D eigenvalue weighted by Crippen LogP contribution is 2.46. The molecule has 0 spiro atoms. The molecule has 0 heterocycles. The minimum atomic E-state index is -0.918. The van der Waals surface area contributed by atoms with E-state index in [0.717, 1.165) is 17.4 Å². The van der Waals surface area contributed by atoms with Gasteiger partial charge in [-0.05, 0) is 61.6 Å². The van der Waals surface area contributed by atoms with Crippen LogP contribution < -0.4 is 0 Å². The summed E-state index contributed by atoms with van der Waals surface area (Å²) in [6.07, 6.45) is 6.26. The van der Waals surface area contributed by atoms with E-state index in [4.69, 9.17) is 5.11 Å². The number of rotatable bonds is 7. The molecule has 4 heteroatoms. The number of benzene rings is 1. The average molecular weight is 301 g/mol. The van der Waals surface area contributed by atoms with Gasteiger partial charge in [-0.25, -0.2) is 4.79 Å². The summed E-state index contributed by atoms with van der Waals surface area (Å²) in [5.74, 6) is 0.762. The van der Waals surface area contributed by atoms with Crippen molar-refractivity contribution in [3.63, 3.8) is 0 Å². The standard InChI is InChI=1S/C18H23NO3/c1-19(17(13-7-8-13)14-9-10-14)16(20)11-4-12-2-5-15(6-3-12)18(21)22/h2-3,5-6,13-14,17H,4,7-11H2,1H3,(H,21,22). The van der Waals surface area contributed by atoms with Crippen molar-refractivity contribution in [1.82, 2.24) is 4.90 Å². The fourth-order valence-corrected chi connectivity index (χ4v) is 3.30. The van der Waals surface area contributed by atoms with Gasteiger partial charge in [0.2, 0.25) is 5.91 Å². The maximum absolute atomic E-state index is 12.4. The Morgan fingerprint density at radius 1 is 1.14 bits per heavy atom. The molecule has 2 aliphatic rings. The third-order valence-corrected chi connectivity index (χ3v) is 4.88. The number of amides is 1. The maximum Gasteiger partial charge on any atom is 0.335 e. The second-order valence-corrected chi connectivity index (χ2v) is 6.67. The molecule has 3 rings (SSSR count). The molecule has 1 amide bonds. The van der Waals surface area contributed by atoms with E-state index in [1.165, 1.54) is 25.7 Å². The molecule has 22 heavy (non-hydrogen) atoms. The summed E-state index contributed by atoms with van der Waals surface area (Å²) in [4.78, 5) is 25.2. The number of hydrogen-bond acceptors (Lipinski definition) is 2. The first-order valence-corrected chi connectivity index (χ1v) is 8.14. The molecule has 2 saturated carbocycles. The number of carboxylic acids is 1. The summed E-state index contributed by atoms with van der Waals surface area (Å²) in [5.41, 5.74) is 1.30. The Balaban J connectivity index is 1.53. The Bertz CT molecular complexity index is 546. The minimum absolute atomic E-state index is 0.214. The van der Waals surface area contributed by atoms with Gasteiger partial charge < -0.3 is 10.0 Å². The van der Waals surface area contributed by atoms with E-state index >= 15 is 0 Å². The first-order valence-electron chi connectivity index (χ1n) is 8.14. The molecule has 1 aromatic carbocycles. The van der Waals surface area contributed by atoms with Gasteiger partial charge in [0.1, 0.15) is 0 Å². The van der Waals surface area contributed by atoms with Crippen molar-refractivity contribution in [2.24, 2.45) is 11.8 Å². The Hall–Kier alpha value is -1.84. The lowest BCUT2D eigenvalue weighted by Gasteiger charge is -2.28. The third kappa shape index (κ3) is 3.49. The molecule has 1 aromatic rings. The highest BCUT2D eigenvalue weighted by molar-refractivity contribution is 5.87. The van der Waals surface area contributed by atoms with Gasteiger partial charge in [0, 0.05) is 19.5 Å². The van der Waals surface area contributed by atoms with Crippen molar-refractivity contribution in [2.75, 3.05) is 7.05 Å². The third-order valence-electron chi connectivity index (χ3n) is 4.88. The zero-order valence-electron chi connectivity index (χ0n) is 13.0. The smallest absolute Gasteiger partial charge is 0.335 e. The van der Waals surface area contributed by atoms with Crippen molar-refractivity contribution in [3.8, 4) is 0 Å². The van der Waals surface area contributed by atoms with Crippen molar-refractivity contribution in [1.29, 1.82) is 0 Å². The molecule has 0 bridgehead atoms. The molecule has 0 aliphatic heterocycles. The van der Waals surface area contributed by atoms with Gasteiger partial charge in [-0.3, -0.25) is 4.79 Å². The monoisotopic (exact) mass is 301 g/mol. The molecule has 4 nitrogen and oxygen atoms in total. The normalized spacial score (nSPS) is 17.5. The Morgan fingerprint density at radius 2 is 1.68 bits per heavy atom. The van der Waals surface area contributed by atoms with Crippen LogP contribution in [0.2, 0.25) is 0 Å². The second kappa shape index (κ2) is 6.11. The Kier molecular flexibility index (Phi) is 4.19. The van der Waals surface area contributed by atoms with E-state index in [1.807, 2.05) is 11.9 Å². The van der Waals surface area contributed by atoms with Crippen molar-refractivity contribution < 1.29 is 14.7 Å². The van der Waals surface area contributed by atoms with Crippen LogP contribution in [0.25, 0.3) is 0 Å². The summed E-state index contributed by atoms with van der Waals surface area (Å²) in [6.45, 7) is 0. The van der Waals surface area contributed by atoms with Crippen LogP contribution >= 0.6 is 0 Å². The van der Waals surface area contributed by atoms with Gasteiger partial charge in [0.25, 0.3) is 0 Å². The van der Waals surface area contributed by atoms with Gasteiger partial charge in [-0.1, -0.05) is 12.1 Å². The van der Waals surface area contributed by atoms with E-state index in [9.17, 15) is 9.59 Å². The van der Waals surface area contributed by atoms with Crippen LogP contribution in [0.4, 0.5) is 0 Å². The fourth-order valence-electron chi connectivity index (χ4n) is 3.30. The lowest BCUT2D eigenvalue weighted by Crippen LogP contribution is -2.40. The van der Waals surface area contributed by atoms with Crippen LogP contribution in [-0.2, 0) is 11.2 Å². The summed E-state index contributed by atoms with van der Waals surface area (Å²) in [6, 6.07) is 7.26. The van der Waals surface area contributed by atoms with E-state index in [-0.39, 0.29) is 11.5 Å². The van der Waals surface area contributed by atoms with Gasteiger partial charge in [-0.15, -0.1) is 0 Å². The van der Waals surface area contributed by atoms with E-state index in [0.29, 0.717) is 18.9 Å². The lowest BCUT2D eigenvalue weighted by atomic mass is 10.0. The van der Waals surface area contributed by atoms with E-state index in [1.54, 1.807) is 24.3 Å². The van der Waals surface area contributed by atoms with Gasteiger partial charge >= 0.3 is 5.97 Å². The number of carbonyl (C=O) groups excluding carboxylic acids is 1. The van der Waals surface area contributed by atoms with Gasteiger partial charge in [-0.2, -0.15) is 0 Å². The molecular formula is C18H23NO3. The molecule has 0 atom stereocenters. The van der Waals surface area contributed by atoms with Gasteiger partial charge in [0.05, 0.1) is 5.56 Å². The molecule has 2 fully saturated rings. The average Bonchev–Trinajstić information content (AvgIpc) is 3.39. The first-order chi connectivity index (χ1) is 10.6. The fraction of sp³-hybridized carbons (Fsp3) is 0.556. The number of nitrogens with zero attached hydrogens (tertiary/aromatic N) is 1. The molecule has 0 unspecified atom stereocenters. The van der Waals surface area contributed by atoms with Crippen LogP contribution in [0.3, 0.4) is 0 Å². The predicted molar refractivity (Wildman–Crippen MR) is 83.7 cm³/mol. The highest BCUT2D eigenvalue weighted by atomic mass is 16.4. The minimum Gasteiger partial charge on any atom is -0.478 e. The summed E-state index contributed by atoms with van der Waals surface area (Å²) < 4.78 is 0. The summed E-state index contributed by atoms with van der Waals surface area (Å²) in [7, 11) is 1.96. The first kappa shape index (κ1) is 15.1. The quantitative estimate of drug-likeness (QED) is 0.842. The molecule has 2 aliphatic carbocycles. The molecular weight excluding hydrogens is 278 g/mol. The topological polar surface area (TPSA) is 57.6 Å². The largest absolute Gasteiger partial charge is 0.478 e. The molecule has 1 N–H and O–H groups in total. The van der Waals surface area contributed by atoms with E-state index in [2.05, 4.69) is 0 Å². The van der Waals surface area contributed by atoms with Crippen molar-refractivity contribution >= 4 is 11.9 Å². The number of aromatic carboxylic acids is 1. The predicted octanol–water partition coefficient (Wildman–Crippen LogP) is 2.96. The lowest BCUT2D eigenvalue weighted by molar-refractivity contribution is -0.132. The van der Waals surface area contributed by atoms with Crippen LogP contribution in [0.1, 0.15) is 48.0 Å². The SMILES string of the molecule is CN(C(=O)CCc1ccc(C(=O)O)cc1)C(C1CC1)C1CC1. The highest BCUT2D eigenvalue weighted by Gasteiger charge is 2.44. The van der Waals surface area contributed by atoms with Crippen molar-refractivity contribution in [3.05, 3.63) is 35.4 Å². The van der Waals surface area contributed by atoms with Crippen LogP contribution in [0, 0.1) is 11.8 Å². The maximum atomic E-state index is 12.4. The number of carbonyl (C=O) groups is 2. The zero-order chi connectivity index (χ0) is 15.7. The van der Waals surface area contributed by atoms with Crippen LogP contribution in [0.15, 0.2) is 24.3 Å². The summed E-state index contributed by atoms with van der Waals surface area (Å²) >= 11 is 0. The Morgan fingerprint density at radius 3 is 2.14 bits per heavy atom. The van der Waals surface area contributed by atoms with Crippen LogP contribution in [-0.4, -0.2) is 35.0 Å². The van der Waals surface area contributed by atoms with Crippen LogP contribution in [0.5, 0.6) is 0 Å². The number of aryl methyl sites for hydroxylation is 1. The Labute approximate surface area is 131 Å². The second-order valence-electron chi connectivity index (χ2n) is 6.67. The molecule has 118 valence electrons. The van der Waals surface area contributed by atoms with Crippen molar-refractivity contribution in [2.45, 2.75) is 44.6 Å². The molecule has 0 saturated heterocycles. The number of carboxylic acid groups (broad SMARTS) is 1. The molecule has 0 radical (unpaired) electrons. The number of hydrogen-bond donors (Lipinski definition) is 1.